The standard InChI is InChI=1S/C19H26N2O2S/c1-15(17-10-7-11-24-17)20-18(22)13-21(14-19(2,3)23)12-16-8-5-4-6-9-16/h4-11,15,23H,12-14H2,1-3H3,(H,20,22). The fourth-order valence-corrected chi connectivity index (χ4v) is 3.39. The smallest absolute Gasteiger partial charge is 0.234 e. The lowest BCUT2D eigenvalue weighted by atomic mass is 10.1. The molecule has 0 fully saturated rings. The molecule has 0 bridgehead atoms. The molecule has 1 amide bonds. The highest BCUT2D eigenvalue weighted by Gasteiger charge is 2.21. The summed E-state index contributed by atoms with van der Waals surface area (Å²) in [6.07, 6.45) is 0. The molecule has 24 heavy (non-hydrogen) atoms. The van der Waals surface area contributed by atoms with Crippen LogP contribution in [0.5, 0.6) is 0 Å². The highest BCUT2D eigenvalue weighted by Crippen LogP contribution is 2.18. The van der Waals surface area contributed by atoms with Gasteiger partial charge in [-0.2, -0.15) is 0 Å². The molecule has 0 saturated carbocycles. The molecule has 1 heterocycles. The second-order valence-electron chi connectivity index (χ2n) is 6.75. The van der Waals surface area contributed by atoms with Gasteiger partial charge in [0.05, 0.1) is 18.2 Å². The maximum Gasteiger partial charge on any atom is 0.234 e. The van der Waals surface area contributed by atoms with E-state index in [4.69, 9.17) is 0 Å². The molecule has 0 aliphatic rings. The van der Waals surface area contributed by atoms with Crippen LogP contribution in [0.1, 0.15) is 37.3 Å². The number of rotatable bonds is 8. The number of aliphatic hydroxyl groups is 1. The van der Waals surface area contributed by atoms with Crippen molar-refractivity contribution in [2.75, 3.05) is 13.1 Å². The Morgan fingerprint density at radius 3 is 2.54 bits per heavy atom. The predicted molar refractivity (Wildman–Crippen MR) is 98.9 cm³/mol. The van der Waals surface area contributed by atoms with Crippen molar-refractivity contribution >= 4 is 17.2 Å². The largest absolute Gasteiger partial charge is 0.389 e. The fraction of sp³-hybridized carbons (Fsp3) is 0.421. The zero-order valence-electron chi connectivity index (χ0n) is 14.5. The molecule has 0 aliphatic heterocycles. The number of benzene rings is 1. The Morgan fingerprint density at radius 1 is 1.25 bits per heavy atom. The van der Waals surface area contributed by atoms with E-state index in [1.165, 1.54) is 0 Å². The van der Waals surface area contributed by atoms with E-state index < -0.39 is 5.60 Å². The summed E-state index contributed by atoms with van der Waals surface area (Å²) < 4.78 is 0. The third kappa shape index (κ3) is 6.43. The Morgan fingerprint density at radius 2 is 1.96 bits per heavy atom. The summed E-state index contributed by atoms with van der Waals surface area (Å²) in [5, 5.41) is 15.2. The highest BCUT2D eigenvalue weighted by atomic mass is 32.1. The average Bonchev–Trinajstić information content (AvgIpc) is 3.00. The Kier molecular flexibility index (Phi) is 6.54. The van der Waals surface area contributed by atoms with Gasteiger partial charge >= 0.3 is 0 Å². The first-order valence-electron chi connectivity index (χ1n) is 8.15. The number of hydrogen-bond acceptors (Lipinski definition) is 4. The van der Waals surface area contributed by atoms with Gasteiger partial charge in [-0.1, -0.05) is 36.4 Å². The van der Waals surface area contributed by atoms with Crippen molar-refractivity contribution < 1.29 is 9.90 Å². The van der Waals surface area contributed by atoms with Crippen LogP contribution < -0.4 is 5.32 Å². The predicted octanol–water partition coefficient (Wildman–Crippen LogP) is 3.20. The lowest BCUT2D eigenvalue weighted by Crippen LogP contribution is -2.44. The average molecular weight is 346 g/mol. The number of nitrogens with one attached hydrogen (secondary N) is 1. The SMILES string of the molecule is CC(NC(=O)CN(Cc1ccccc1)CC(C)(C)O)c1cccs1. The molecular formula is C19H26N2O2S. The second-order valence-corrected chi connectivity index (χ2v) is 7.73. The maximum atomic E-state index is 12.4. The van der Waals surface area contributed by atoms with Crippen molar-refractivity contribution in [1.29, 1.82) is 0 Å². The van der Waals surface area contributed by atoms with Gasteiger partial charge in [-0.3, -0.25) is 9.69 Å². The second kappa shape index (κ2) is 8.42. The van der Waals surface area contributed by atoms with Gasteiger partial charge < -0.3 is 10.4 Å². The molecule has 1 unspecified atom stereocenters. The molecule has 2 rings (SSSR count). The van der Waals surface area contributed by atoms with Crippen molar-refractivity contribution in [2.45, 2.75) is 39.0 Å². The van der Waals surface area contributed by atoms with Gasteiger partial charge in [0.2, 0.25) is 5.91 Å². The van der Waals surface area contributed by atoms with Crippen molar-refractivity contribution in [1.82, 2.24) is 10.2 Å². The quantitative estimate of drug-likeness (QED) is 0.772. The number of nitrogens with zero attached hydrogens (tertiary/aromatic N) is 1. The van der Waals surface area contributed by atoms with Crippen molar-refractivity contribution in [3.63, 3.8) is 0 Å². The van der Waals surface area contributed by atoms with Crippen molar-refractivity contribution in [3.05, 3.63) is 58.3 Å². The van der Waals surface area contributed by atoms with E-state index in [1.807, 2.05) is 59.7 Å². The molecule has 0 spiro atoms. The third-order valence-corrected chi connectivity index (χ3v) is 4.63. The summed E-state index contributed by atoms with van der Waals surface area (Å²) in [5.74, 6) is -0.0314. The number of carbonyl (C=O) groups is 1. The lowest BCUT2D eigenvalue weighted by Gasteiger charge is -2.29. The Balaban J connectivity index is 1.97. The van der Waals surface area contributed by atoms with Gasteiger partial charge in [0.1, 0.15) is 0 Å². The highest BCUT2D eigenvalue weighted by molar-refractivity contribution is 7.10. The van der Waals surface area contributed by atoms with Crippen molar-refractivity contribution in [3.8, 4) is 0 Å². The number of amides is 1. The molecule has 4 nitrogen and oxygen atoms in total. The molecule has 0 radical (unpaired) electrons. The van der Waals surface area contributed by atoms with E-state index in [0.29, 0.717) is 13.1 Å². The van der Waals surface area contributed by atoms with Gasteiger partial charge in [0.25, 0.3) is 0 Å². The molecule has 5 heteroatoms. The van der Waals surface area contributed by atoms with E-state index in [9.17, 15) is 9.90 Å². The normalized spacial score (nSPS) is 13.0. The number of hydrogen-bond donors (Lipinski definition) is 2. The van der Waals surface area contributed by atoms with Crippen LogP contribution in [0.3, 0.4) is 0 Å². The maximum absolute atomic E-state index is 12.4. The molecule has 1 atom stereocenters. The van der Waals surface area contributed by atoms with Crippen LogP contribution >= 0.6 is 11.3 Å². The molecule has 130 valence electrons. The summed E-state index contributed by atoms with van der Waals surface area (Å²) in [6, 6.07) is 14.0. The van der Waals surface area contributed by atoms with Gasteiger partial charge in [-0.25, -0.2) is 0 Å². The molecule has 1 aromatic heterocycles. The fourth-order valence-electron chi connectivity index (χ4n) is 2.66. The monoisotopic (exact) mass is 346 g/mol. The summed E-state index contributed by atoms with van der Waals surface area (Å²) in [7, 11) is 0. The molecule has 1 aromatic carbocycles. The molecule has 2 N–H and O–H groups in total. The zero-order chi connectivity index (χ0) is 17.6. The van der Waals surface area contributed by atoms with Gasteiger partial charge in [0, 0.05) is 18.0 Å². The van der Waals surface area contributed by atoms with Gasteiger partial charge in [0.15, 0.2) is 0 Å². The Labute approximate surface area is 148 Å². The first kappa shape index (κ1) is 18.6. The van der Waals surface area contributed by atoms with Gasteiger partial charge in [-0.05, 0) is 37.8 Å². The Hall–Kier alpha value is -1.69. The molecule has 0 saturated heterocycles. The minimum atomic E-state index is -0.853. The summed E-state index contributed by atoms with van der Waals surface area (Å²) >= 11 is 1.64. The summed E-state index contributed by atoms with van der Waals surface area (Å²) in [4.78, 5) is 15.5. The summed E-state index contributed by atoms with van der Waals surface area (Å²) in [6.45, 7) is 6.83. The third-order valence-electron chi connectivity index (χ3n) is 3.57. The topological polar surface area (TPSA) is 52.6 Å². The number of thiophene rings is 1. The van der Waals surface area contributed by atoms with Crippen LogP contribution in [0.2, 0.25) is 0 Å². The van der Waals surface area contributed by atoms with E-state index in [-0.39, 0.29) is 18.5 Å². The van der Waals surface area contributed by atoms with Crippen LogP contribution in [0.15, 0.2) is 47.8 Å². The summed E-state index contributed by atoms with van der Waals surface area (Å²) in [5.41, 5.74) is 0.273. The zero-order valence-corrected chi connectivity index (χ0v) is 15.3. The van der Waals surface area contributed by atoms with E-state index >= 15 is 0 Å². The first-order chi connectivity index (χ1) is 11.3. The minimum Gasteiger partial charge on any atom is -0.389 e. The van der Waals surface area contributed by atoms with Crippen LogP contribution in [0.25, 0.3) is 0 Å². The van der Waals surface area contributed by atoms with Crippen molar-refractivity contribution in [2.24, 2.45) is 0 Å². The van der Waals surface area contributed by atoms with Gasteiger partial charge in [-0.15, -0.1) is 11.3 Å². The first-order valence-corrected chi connectivity index (χ1v) is 9.03. The van der Waals surface area contributed by atoms with Crippen LogP contribution in [-0.4, -0.2) is 34.6 Å². The Bertz CT molecular complexity index is 621. The molecule has 2 aromatic rings. The number of carbonyl (C=O) groups excluding carboxylic acids is 1. The minimum absolute atomic E-state index is 0.00166. The van der Waals surface area contributed by atoms with Crippen LogP contribution in [0.4, 0.5) is 0 Å². The van der Waals surface area contributed by atoms with E-state index in [0.717, 1.165) is 10.4 Å². The van der Waals surface area contributed by atoms with Crippen LogP contribution in [-0.2, 0) is 11.3 Å². The molecular weight excluding hydrogens is 320 g/mol. The molecule has 0 aliphatic carbocycles. The lowest BCUT2D eigenvalue weighted by molar-refractivity contribution is -0.123. The van der Waals surface area contributed by atoms with Crippen LogP contribution in [0, 0.1) is 0 Å². The van der Waals surface area contributed by atoms with E-state index in [2.05, 4.69) is 5.32 Å². The van der Waals surface area contributed by atoms with E-state index in [1.54, 1.807) is 25.2 Å².